The summed E-state index contributed by atoms with van der Waals surface area (Å²) >= 11 is 5.56. The summed E-state index contributed by atoms with van der Waals surface area (Å²) in [5.74, 6) is 0. The first-order valence-electron chi connectivity index (χ1n) is 3.55. The number of anilines is 1. The van der Waals surface area contributed by atoms with Crippen molar-refractivity contribution in [3.05, 3.63) is 33.3 Å². The lowest BCUT2D eigenvalue weighted by molar-refractivity contribution is -0.518. The molecule has 0 fully saturated rings. The smallest absolute Gasteiger partial charge is 0.311 e. The van der Waals surface area contributed by atoms with Crippen molar-refractivity contribution < 1.29 is 13.5 Å². The first kappa shape index (κ1) is 11.5. The molecule has 15 heavy (non-hydrogen) atoms. The summed E-state index contributed by atoms with van der Waals surface area (Å²) in [6.45, 7) is 0. The highest BCUT2D eigenvalue weighted by molar-refractivity contribution is 7.89. The van der Waals surface area contributed by atoms with Crippen molar-refractivity contribution >= 4 is 27.3 Å². The van der Waals surface area contributed by atoms with E-state index in [2.05, 4.69) is 0 Å². The Morgan fingerprint density at radius 2 is 2.07 bits per heavy atom. The first-order valence-corrected chi connectivity index (χ1v) is 5.41. The lowest BCUT2D eigenvalue weighted by Crippen LogP contribution is -2.29. The molecule has 0 saturated heterocycles. The first-order chi connectivity index (χ1) is 6.83. The Morgan fingerprint density at radius 1 is 1.47 bits per heavy atom. The molecule has 0 aliphatic carbocycles. The maximum Gasteiger partial charge on any atom is 0.311 e. The van der Waals surface area contributed by atoms with Crippen LogP contribution in [-0.4, -0.2) is 13.5 Å². The van der Waals surface area contributed by atoms with Crippen molar-refractivity contribution in [2.75, 3.05) is 5.73 Å². The quantitative estimate of drug-likeness (QED) is 0.458. The van der Waals surface area contributed by atoms with Crippen LogP contribution in [0.15, 0.2) is 23.1 Å². The maximum absolute atomic E-state index is 11.3. The van der Waals surface area contributed by atoms with Gasteiger partial charge in [0.2, 0.25) is 0 Å². The molecule has 7 nitrogen and oxygen atoms in total. The topological polar surface area (TPSA) is 115 Å². The molecule has 0 atom stereocenters. The predicted molar refractivity (Wildman–Crippen MR) is 53.2 cm³/mol. The fourth-order valence-corrected chi connectivity index (χ4v) is 1.79. The second kappa shape index (κ2) is 3.91. The van der Waals surface area contributed by atoms with Crippen LogP contribution in [0.25, 0.3) is 0 Å². The molecular weight excluding hydrogens is 246 g/mol. The Bertz CT molecular complexity index is 501. The molecule has 0 spiro atoms. The third-order valence-electron chi connectivity index (χ3n) is 1.47. The molecule has 82 valence electrons. The highest BCUT2D eigenvalue weighted by atomic mass is 35.5. The van der Waals surface area contributed by atoms with Gasteiger partial charge in [-0.2, -0.15) is 8.42 Å². The van der Waals surface area contributed by atoms with Gasteiger partial charge in [-0.3, -0.25) is 0 Å². The van der Waals surface area contributed by atoms with Crippen LogP contribution in [-0.2, 0) is 10.0 Å². The maximum atomic E-state index is 11.3. The van der Waals surface area contributed by atoms with Gasteiger partial charge in [0.05, 0.1) is 15.6 Å². The van der Waals surface area contributed by atoms with Gasteiger partial charge in [-0.25, -0.2) is 10.1 Å². The number of nitro groups is 1. The average Bonchev–Trinajstić information content (AvgIpc) is 2.07. The van der Waals surface area contributed by atoms with Gasteiger partial charge >= 0.3 is 10.0 Å². The minimum atomic E-state index is -4.19. The zero-order valence-corrected chi connectivity index (χ0v) is 8.75. The van der Waals surface area contributed by atoms with Gasteiger partial charge in [-0.1, -0.05) is 11.6 Å². The summed E-state index contributed by atoms with van der Waals surface area (Å²) in [6, 6.07) is 3.39. The number of nitrogens with zero attached hydrogens (tertiary/aromatic N) is 1. The summed E-state index contributed by atoms with van der Waals surface area (Å²) < 4.78 is 22.5. The number of hydrogen-bond donors (Lipinski definition) is 2. The fraction of sp³-hybridized carbons (Fsp3) is 0. The number of hydrazine groups is 1. The van der Waals surface area contributed by atoms with E-state index in [9.17, 15) is 18.5 Å². The molecule has 1 aromatic rings. The van der Waals surface area contributed by atoms with Crippen molar-refractivity contribution in [2.24, 2.45) is 0 Å². The monoisotopic (exact) mass is 251 g/mol. The number of nitrogens with two attached hydrogens (primary N) is 1. The zero-order valence-electron chi connectivity index (χ0n) is 7.18. The summed E-state index contributed by atoms with van der Waals surface area (Å²) in [5.41, 5.74) is 5.38. The molecular formula is C6H6ClN3O4S. The minimum Gasteiger partial charge on any atom is -0.397 e. The number of nitrogen functional groups attached to an aromatic ring is 1. The Morgan fingerprint density at radius 3 is 2.53 bits per heavy atom. The number of nitrogens with one attached hydrogen (secondary N) is 1. The summed E-state index contributed by atoms with van der Waals surface area (Å²) in [6.07, 6.45) is 0. The van der Waals surface area contributed by atoms with E-state index in [4.69, 9.17) is 17.3 Å². The lowest BCUT2D eigenvalue weighted by Gasteiger charge is -2.02. The molecule has 0 heterocycles. The Hall–Kier alpha value is -1.54. The van der Waals surface area contributed by atoms with Crippen molar-refractivity contribution in [1.29, 1.82) is 0 Å². The van der Waals surface area contributed by atoms with Crippen LogP contribution in [0.5, 0.6) is 0 Å². The minimum absolute atomic E-state index is 0.0305. The van der Waals surface area contributed by atoms with Crippen LogP contribution >= 0.6 is 11.6 Å². The Balaban J connectivity index is 3.17. The van der Waals surface area contributed by atoms with E-state index in [-0.39, 0.29) is 15.6 Å². The van der Waals surface area contributed by atoms with Gasteiger partial charge < -0.3 is 5.73 Å². The second-order valence-corrected chi connectivity index (χ2v) is 4.60. The van der Waals surface area contributed by atoms with Gasteiger partial charge in [-0.15, -0.1) is 0 Å². The van der Waals surface area contributed by atoms with E-state index in [1.54, 1.807) is 0 Å². The van der Waals surface area contributed by atoms with E-state index in [0.29, 0.717) is 0 Å². The lowest BCUT2D eigenvalue weighted by atomic mass is 10.3. The van der Waals surface area contributed by atoms with E-state index >= 15 is 0 Å². The molecule has 0 bridgehead atoms. The molecule has 0 amide bonds. The summed E-state index contributed by atoms with van der Waals surface area (Å²) in [7, 11) is -4.19. The van der Waals surface area contributed by atoms with E-state index in [1.807, 2.05) is 0 Å². The predicted octanol–water partition coefficient (Wildman–Crippen LogP) is 0.392. The van der Waals surface area contributed by atoms with Crippen molar-refractivity contribution in [1.82, 2.24) is 4.83 Å². The number of hydrogen-bond acceptors (Lipinski definition) is 5. The third kappa shape index (κ3) is 2.70. The third-order valence-corrected chi connectivity index (χ3v) is 3.08. The van der Waals surface area contributed by atoms with Crippen LogP contribution in [0.3, 0.4) is 0 Å². The summed E-state index contributed by atoms with van der Waals surface area (Å²) in [4.78, 5) is 10.9. The van der Waals surface area contributed by atoms with Crippen LogP contribution in [0, 0.1) is 10.1 Å². The molecule has 0 unspecified atom stereocenters. The van der Waals surface area contributed by atoms with Crippen LogP contribution in [0.2, 0.25) is 5.02 Å². The molecule has 0 radical (unpaired) electrons. The molecule has 0 aromatic heterocycles. The highest BCUT2D eigenvalue weighted by Crippen LogP contribution is 2.21. The largest absolute Gasteiger partial charge is 0.397 e. The molecule has 0 aliphatic rings. The molecule has 0 aliphatic heterocycles. The fourth-order valence-electron chi connectivity index (χ4n) is 0.840. The molecule has 3 N–H and O–H groups in total. The van der Waals surface area contributed by atoms with Gasteiger partial charge in [0.15, 0.2) is 5.03 Å². The Kier molecular flexibility index (Phi) is 3.01. The number of sulfonamides is 1. The standard InChI is InChI=1S/C6H6ClN3O4S/c7-5-2-1-4(3-6(5)8)15(13,14)9-10(11)12/h1-3,9H,8H2. The molecule has 9 heteroatoms. The second-order valence-electron chi connectivity index (χ2n) is 2.54. The number of rotatable bonds is 3. The zero-order chi connectivity index (χ0) is 11.6. The summed E-state index contributed by atoms with van der Waals surface area (Å²) in [5, 5.41) is 9.01. The van der Waals surface area contributed by atoms with Crippen molar-refractivity contribution in [2.45, 2.75) is 4.90 Å². The van der Waals surface area contributed by atoms with E-state index in [0.717, 1.165) is 12.1 Å². The van der Waals surface area contributed by atoms with Gasteiger partial charge in [-0.05, 0) is 23.0 Å². The molecule has 0 saturated carbocycles. The van der Waals surface area contributed by atoms with Crippen molar-refractivity contribution in [3.8, 4) is 0 Å². The normalized spacial score (nSPS) is 11.0. The molecule has 1 aromatic carbocycles. The number of halogens is 1. The SMILES string of the molecule is Nc1cc(S(=O)(=O)N[N+](=O)[O-])ccc1Cl. The van der Waals surface area contributed by atoms with E-state index in [1.165, 1.54) is 10.9 Å². The van der Waals surface area contributed by atoms with E-state index < -0.39 is 15.1 Å². The van der Waals surface area contributed by atoms with Crippen LogP contribution in [0.1, 0.15) is 0 Å². The van der Waals surface area contributed by atoms with Crippen molar-refractivity contribution in [3.63, 3.8) is 0 Å². The van der Waals surface area contributed by atoms with Gasteiger partial charge in [0.25, 0.3) is 0 Å². The van der Waals surface area contributed by atoms with Gasteiger partial charge in [0.1, 0.15) is 0 Å². The van der Waals surface area contributed by atoms with Gasteiger partial charge in [0, 0.05) is 0 Å². The molecule has 1 rings (SSSR count). The average molecular weight is 252 g/mol. The van der Waals surface area contributed by atoms with Crippen LogP contribution in [0.4, 0.5) is 5.69 Å². The Labute approximate surface area is 90.0 Å². The van der Waals surface area contributed by atoms with Crippen LogP contribution < -0.4 is 10.6 Å². The highest BCUT2D eigenvalue weighted by Gasteiger charge is 2.19. The number of benzene rings is 1.